The Labute approximate surface area is 141 Å². The van der Waals surface area contributed by atoms with Crippen LogP contribution in [0.15, 0.2) is 0 Å². The van der Waals surface area contributed by atoms with Gasteiger partial charge in [0.2, 0.25) is 5.91 Å². The summed E-state index contributed by atoms with van der Waals surface area (Å²) >= 11 is 1.62. The summed E-state index contributed by atoms with van der Waals surface area (Å²) in [6.45, 7) is 2.16. The smallest absolute Gasteiger partial charge is 0.322 e. The van der Waals surface area contributed by atoms with E-state index < -0.39 is 11.6 Å². The minimum Gasteiger partial charge on any atom is -0.322 e. The van der Waals surface area contributed by atoms with Crippen LogP contribution in [0, 0.1) is 5.92 Å². The van der Waals surface area contributed by atoms with E-state index in [4.69, 9.17) is 0 Å². The third kappa shape index (κ3) is 3.49. The second-order valence-electron chi connectivity index (χ2n) is 7.09. The maximum Gasteiger partial charge on any atom is 0.344 e. The number of amides is 4. The molecule has 0 atom stereocenters. The molecule has 2 N–H and O–H groups in total. The molecule has 23 heavy (non-hydrogen) atoms. The lowest BCUT2D eigenvalue weighted by Gasteiger charge is -2.33. The summed E-state index contributed by atoms with van der Waals surface area (Å²) in [5, 5.41) is 4.24. The van der Waals surface area contributed by atoms with Crippen molar-refractivity contribution in [2.75, 3.05) is 5.75 Å². The number of rotatable bonds is 4. The largest absolute Gasteiger partial charge is 0.344 e. The third-order valence-corrected chi connectivity index (χ3v) is 6.65. The molecule has 3 rings (SSSR count). The summed E-state index contributed by atoms with van der Waals surface area (Å²) in [7, 11) is 0. The van der Waals surface area contributed by atoms with Crippen LogP contribution in [0.4, 0.5) is 4.79 Å². The zero-order valence-electron chi connectivity index (χ0n) is 13.6. The molecule has 1 heterocycles. The fourth-order valence-electron chi connectivity index (χ4n) is 3.72. The lowest BCUT2D eigenvalue weighted by Crippen LogP contribution is -2.51. The number of carbonyl (C=O) groups is 3. The number of hydrazine groups is 1. The summed E-state index contributed by atoms with van der Waals surface area (Å²) in [6, 6.07) is -0.497. The Morgan fingerprint density at radius 3 is 2.57 bits per heavy atom. The summed E-state index contributed by atoms with van der Waals surface area (Å²) < 4.78 is 0. The van der Waals surface area contributed by atoms with Crippen LogP contribution in [-0.2, 0) is 9.59 Å². The summed E-state index contributed by atoms with van der Waals surface area (Å²) in [5.41, 5.74) is 1.70. The number of carbonyl (C=O) groups excluding carboxylic acids is 3. The van der Waals surface area contributed by atoms with Crippen molar-refractivity contribution in [3.63, 3.8) is 0 Å². The van der Waals surface area contributed by atoms with Gasteiger partial charge < -0.3 is 5.32 Å². The average molecular weight is 339 g/mol. The average Bonchev–Trinajstić information content (AvgIpc) is 3.12. The monoisotopic (exact) mass is 339 g/mol. The summed E-state index contributed by atoms with van der Waals surface area (Å²) in [6.07, 6.45) is 7.92. The molecule has 2 aliphatic carbocycles. The molecule has 2 saturated carbocycles. The molecule has 6 nitrogen and oxygen atoms in total. The highest BCUT2D eigenvalue weighted by Gasteiger charge is 2.52. The van der Waals surface area contributed by atoms with E-state index in [1.165, 1.54) is 12.8 Å². The zero-order valence-corrected chi connectivity index (χ0v) is 14.4. The van der Waals surface area contributed by atoms with E-state index in [0.29, 0.717) is 29.8 Å². The minimum absolute atomic E-state index is 0.272. The third-order valence-electron chi connectivity index (χ3n) is 5.28. The van der Waals surface area contributed by atoms with Gasteiger partial charge in [-0.15, -0.1) is 11.8 Å². The number of nitrogens with one attached hydrogen (secondary N) is 2. The Morgan fingerprint density at radius 2 is 1.91 bits per heavy atom. The van der Waals surface area contributed by atoms with E-state index in [-0.39, 0.29) is 11.8 Å². The molecule has 1 saturated heterocycles. The molecule has 1 spiro atoms. The lowest BCUT2D eigenvalue weighted by molar-refractivity contribution is -0.139. The van der Waals surface area contributed by atoms with Gasteiger partial charge >= 0.3 is 6.03 Å². The van der Waals surface area contributed by atoms with Crippen LogP contribution >= 0.6 is 11.8 Å². The summed E-state index contributed by atoms with van der Waals surface area (Å²) in [5.74, 6) is 0.309. The van der Waals surface area contributed by atoms with Gasteiger partial charge in [0, 0.05) is 5.25 Å². The highest BCUT2D eigenvalue weighted by Crippen LogP contribution is 2.36. The molecule has 7 heteroatoms. The first-order valence-corrected chi connectivity index (χ1v) is 9.63. The topological polar surface area (TPSA) is 78.5 Å². The van der Waals surface area contributed by atoms with Crippen LogP contribution < -0.4 is 10.7 Å². The number of hydrogen-bond acceptors (Lipinski definition) is 4. The van der Waals surface area contributed by atoms with E-state index in [0.717, 1.165) is 30.7 Å². The second kappa shape index (κ2) is 6.71. The fourth-order valence-corrected chi connectivity index (χ4v) is 4.84. The first-order valence-electron chi connectivity index (χ1n) is 8.58. The zero-order chi connectivity index (χ0) is 16.4. The molecule has 0 radical (unpaired) electrons. The number of nitrogens with zero attached hydrogens (tertiary/aromatic N) is 1. The Balaban J connectivity index is 1.54. The van der Waals surface area contributed by atoms with Gasteiger partial charge in [-0.1, -0.05) is 19.8 Å². The quantitative estimate of drug-likeness (QED) is 0.770. The van der Waals surface area contributed by atoms with Gasteiger partial charge in [0.25, 0.3) is 5.91 Å². The van der Waals surface area contributed by atoms with Crippen molar-refractivity contribution in [1.29, 1.82) is 0 Å². The van der Waals surface area contributed by atoms with Crippen molar-refractivity contribution < 1.29 is 14.4 Å². The van der Waals surface area contributed by atoms with Crippen LogP contribution in [0.1, 0.15) is 58.3 Å². The lowest BCUT2D eigenvalue weighted by atomic mass is 9.77. The number of imide groups is 1. The van der Waals surface area contributed by atoms with Gasteiger partial charge in [-0.2, -0.15) is 5.01 Å². The Morgan fingerprint density at radius 1 is 1.26 bits per heavy atom. The van der Waals surface area contributed by atoms with E-state index in [9.17, 15) is 14.4 Å². The van der Waals surface area contributed by atoms with Crippen molar-refractivity contribution >= 4 is 29.6 Å². The van der Waals surface area contributed by atoms with Crippen LogP contribution in [0.25, 0.3) is 0 Å². The van der Waals surface area contributed by atoms with Crippen LogP contribution in [0.2, 0.25) is 0 Å². The SMILES string of the molecule is CC1CCC2(CC1)NC(=O)N(NC(=O)CSC1CCCC1)C2=O. The predicted octanol–water partition coefficient (Wildman–Crippen LogP) is 2.19. The predicted molar refractivity (Wildman–Crippen MR) is 88.6 cm³/mol. The molecule has 3 fully saturated rings. The molecule has 0 aromatic carbocycles. The molecule has 0 aromatic heterocycles. The Hall–Kier alpha value is -1.24. The molecule has 128 valence electrons. The molecule has 0 bridgehead atoms. The van der Waals surface area contributed by atoms with Gasteiger partial charge in [-0.3, -0.25) is 15.0 Å². The maximum absolute atomic E-state index is 12.6. The minimum atomic E-state index is -0.796. The molecule has 0 unspecified atom stereocenters. The fraction of sp³-hybridized carbons (Fsp3) is 0.812. The highest BCUT2D eigenvalue weighted by atomic mass is 32.2. The molecule has 1 aliphatic heterocycles. The van der Waals surface area contributed by atoms with Gasteiger partial charge in [0.05, 0.1) is 5.75 Å². The molecule has 3 aliphatic rings. The van der Waals surface area contributed by atoms with Gasteiger partial charge in [-0.25, -0.2) is 4.79 Å². The van der Waals surface area contributed by atoms with E-state index in [1.807, 2.05) is 0 Å². The first kappa shape index (κ1) is 16.6. The van der Waals surface area contributed by atoms with Crippen molar-refractivity contribution in [1.82, 2.24) is 15.8 Å². The second-order valence-corrected chi connectivity index (χ2v) is 8.38. The van der Waals surface area contributed by atoms with E-state index in [2.05, 4.69) is 17.7 Å². The summed E-state index contributed by atoms with van der Waals surface area (Å²) in [4.78, 5) is 36.8. The van der Waals surface area contributed by atoms with Crippen LogP contribution in [-0.4, -0.2) is 39.4 Å². The van der Waals surface area contributed by atoms with E-state index >= 15 is 0 Å². The Bertz CT molecular complexity index is 497. The van der Waals surface area contributed by atoms with E-state index in [1.54, 1.807) is 11.8 Å². The van der Waals surface area contributed by atoms with Crippen molar-refractivity contribution in [2.45, 2.75) is 69.1 Å². The maximum atomic E-state index is 12.6. The molecule has 4 amide bonds. The standard InChI is InChI=1S/C16H25N3O3S/c1-11-6-8-16(9-7-11)14(21)19(15(22)17-16)18-13(20)10-23-12-4-2-3-5-12/h11-12H,2-10H2,1H3,(H,17,22)(H,18,20). The molecular formula is C16H25N3O3S. The van der Waals surface area contributed by atoms with Crippen molar-refractivity contribution in [3.05, 3.63) is 0 Å². The van der Waals surface area contributed by atoms with Crippen LogP contribution in [0.3, 0.4) is 0 Å². The van der Waals surface area contributed by atoms with Gasteiger partial charge in [0.15, 0.2) is 0 Å². The normalized spacial score (nSPS) is 31.7. The van der Waals surface area contributed by atoms with Gasteiger partial charge in [-0.05, 0) is 44.4 Å². The van der Waals surface area contributed by atoms with Crippen molar-refractivity contribution in [2.24, 2.45) is 5.92 Å². The first-order chi connectivity index (χ1) is 11.0. The number of thioether (sulfide) groups is 1. The molecular weight excluding hydrogens is 314 g/mol. The van der Waals surface area contributed by atoms with Crippen LogP contribution in [0.5, 0.6) is 0 Å². The van der Waals surface area contributed by atoms with Crippen molar-refractivity contribution in [3.8, 4) is 0 Å². The number of hydrogen-bond donors (Lipinski definition) is 2. The highest BCUT2D eigenvalue weighted by molar-refractivity contribution is 8.00. The number of urea groups is 1. The van der Waals surface area contributed by atoms with Gasteiger partial charge in [0.1, 0.15) is 5.54 Å². The molecule has 0 aromatic rings. The Kier molecular flexibility index (Phi) is 4.85.